The Morgan fingerprint density at radius 3 is 1.76 bits per heavy atom. The van der Waals surface area contributed by atoms with Gasteiger partial charge in [-0.15, -0.1) is 0 Å². The summed E-state index contributed by atoms with van der Waals surface area (Å²) in [6.07, 6.45) is 0. The minimum absolute atomic E-state index is 0. The summed E-state index contributed by atoms with van der Waals surface area (Å²) in [5.41, 5.74) is 4.91. The topological polar surface area (TPSA) is 12.0 Å². The number of hydrogen-bond donors (Lipinski definition) is 1. The van der Waals surface area contributed by atoms with Crippen molar-refractivity contribution >= 4 is 0 Å². The molecule has 1 nitrogen and oxygen atoms in total. The third-order valence-electron chi connectivity index (χ3n) is 3.21. The van der Waals surface area contributed by atoms with Gasteiger partial charge in [-0.25, -0.2) is 0 Å². The van der Waals surface area contributed by atoms with Crippen molar-refractivity contribution in [2.24, 2.45) is 5.92 Å². The predicted octanol–water partition coefficient (Wildman–Crippen LogP) is -2.36. The van der Waals surface area contributed by atoms with Gasteiger partial charge in [-0.05, 0) is 0 Å². The van der Waals surface area contributed by atoms with Gasteiger partial charge in [0.2, 0.25) is 0 Å². The summed E-state index contributed by atoms with van der Waals surface area (Å²) in [6.45, 7) is 15.9. The van der Waals surface area contributed by atoms with Crippen molar-refractivity contribution < 1.29 is 44.2 Å². The Balaban J connectivity index is 0. The van der Waals surface area contributed by atoms with Crippen LogP contribution < -0.4 is 28.6 Å². The van der Waals surface area contributed by atoms with Crippen LogP contribution in [0.4, 0.5) is 0 Å². The van der Waals surface area contributed by atoms with Gasteiger partial charge in [-0.1, -0.05) is 0 Å². The average Bonchev–Trinajstić information content (AvgIpc) is 2.28. The summed E-state index contributed by atoms with van der Waals surface area (Å²) in [5.74, 6) is 0.680. The van der Waals surface area contributed by atoms with E-state index in [9.17, 15) is 0 Å². The molecule has 0 spiro atoms. The van der Waals surface area contributed by atoms with Gasteiger partial charge in [0.25, 0.3) is 0 Å². The molecular weight excluding hydrogens is 289 g/mol. The molecule has 0 radical (unpaired) electrons. The molecule has 0 aromatic rings. The summed E-state index contributed by atoms with van der Waals surface area (Å²) >= 11 is -0.156. The Labute approximate surface area is 128 Å². The minimum Gasteiger partial charge on any atom is -1.00 e. The van der Waals surface area contributed by atoms with Crippen molar-refractivity contribution in [2.75, 3.05) is 0 Å². The van der Waals surface area contributed by atoms with Crippen LogP contribution in [0.5, 0.6) is 0 Å². The van der Waals surface area contributed by atoms with E-state index in [1.807, 2.05) is 0 Å². The number of allylic oxidation sites excluding steroid dienone is 4. The molecule has 1 aliphatic rings. The van der Waals surface area contributed by atoms with Gasteiger partial charge in [0, 0.05) is 0 Å². The molecule has 1 aliphatic carbocycles. The van der Waals surface area contributed by atoms with E-state index in [0.717, 1.165) is 0 Å². The molecular formula is C13H23Cl2NTi. The van der Waals surface area contributed by atoms with E-state index < -0.39 is 0 Å². The van der Waals surface area contributed by atoms with E-state index in [0.29, 0.717) is 5.92 Å². The molecule has 98 valence electrons. The zero-order valence-corrected chi connectivity index (χ0v) is 14.9. The fourth-order valence-electron chi connectivity index (χ4n) is 1.82. The maximum atomic E-state index is 3.71. The van der Waals surface area contributed by atoms with Crippen LogP contribution in [0.1, 0.15) is 48.5 Å². The van der Waals surface area contributed by atoms with E-state index in [1.165, 1.54) is 5.57 Å². The van der Waals surface area contributed by atoms with Gasteiger partial charge in [-0.3, -0.25) is 0 Å². The molecule has 0 aliphatic heterocycles. The van der Waals surface area contributed by atoms with E-state index >= 15 is 0 Å². The van der Waals surface area contributed by atoms with Gasteiger partial charge < -0.3 is 24.8 Å². The Morgan fingerprint density at radius 2 is 1.47 bits per heavy atom. The Bertz CT molecular complexity index is 327. The first-order valence-corrected chi connectivity index (χ1v) is 7.22. The number of rotatable bonds is 2. The van der Waals surface area contributed by atoms with Crippen molar-refractivity contribution in [1.29, 1.82) is 0 Å². The summed E-state index contributed by atoms with van der Waals surface area (Å²) in [6, 6.07) is 0. The van der Waals surface area contributed by atoms with E-state index in [4.69, 9.17) is 0 Å². The molecule has 1 unspecified atom stereocenters. The number of halogens is 2. The quantitative estimate of drug-likeness (QED) is 0.563. The second-order valence-electron chi connectivity index (χ2n) is 5.57. The number of hydrogen-bond acceptors (Lipinski definition) is 1. The largest absolute Gasteiger partial charge is 1.00 e. The molecule has 1 atom stereocenters. The Kier molecular flexibility index (Phi) is 8.68. The molecule has 4 heteroatoms. The van der Waals surface area contributed by atoms with E-state index in [1.54, 1.807) is 15.0 Å². The standard InChI is InChI=1S/C9H13.C4H10N.2ClH.Ti/c1-6-5-7(2)9(4)8(6)3;1-4(2,3)5;;;/h6H,1-4H3;5H,1-3H3;2*1H;/q;-1;;;+3/p-2. The fraction of sp³-hybridized carbons (Fsp3) is 0.692. The van der Waals surface area contributed by atoms with E-state index in [-0.39, 0.29) is 49.8 Å². The predicted molar refractivity (Wildman–Crippen MR) is 63.1 cm³/mol. The fourth-order valence-corrected chi connectivity index (χ4v) is 3.88. The molecule has 0 aromatic carbocycles. The smallest absolute Gasteiger partial charge is 1.00 e. The van der Waals surface area contributed by atoms with Crippen LogP contribution in [0.3, 0.4) is 0 Å². The number of nitrogens with one attached hydrogen (secondary N) is 1. The average molecular weight is 312 g/mol. The monoisotopic (exact) mass is 311 g/mol. The third kappa shape index (κ3) is 5.08. The summed E-state index contributed by atoms with van der Waals surface area (Å²) in [4.78, 5) is 0. The van der Waals surface area contributed by atoms with Gasteiger partial charge >= 0.3 is 104 Å². The molecule has 0 bridgehead atoms. The van der Waals surface area contributed by atoms with Crippen LogP contribution in [0.2, 0.25) is 0 Å². The van der Waals surface area contributed by atoms with Crippen LogP contribution in [-0.4, -0.2) is 5.54 Å². The summed E-state index contributed by atoms with van der Waals surface area (Å²) in [7, 11) is 0. The van der Waals surface area contributed by atoms with Crippen LogP contribution in [0.15, 0.2) is 20.6 Å². The van der Waals surface area contributed by atoms with E-state index in [2.05, 4.69) is 52.3 Å². The van der Waals surface area contributed by atoms with Crippen LogP contribution in [0.25, 0.3) is 0 Å². The van der Waals surface area contributed by atoms with Crippen LogP contribution in [-0.2, 0) is 19.4 Å². The molecule has 0 aromatic heterocycles. The normalized spacial score (nSPS) is 19.8. The second kappa shape index (κ2) is 7.35. The van der Waals surface area contributed by atoms with Crippen molar-refractivity contribution in [3.8, 4) is 0 Å². The first-order valence-electron chi connectivity index (χ1n) is 5.65. The Morgan fingerprint density at radius 1 is 1.00 bits per heavy atom. The molecule has 0 amide bonds. The van der Waals surface area contributed by atoms with Gasteiger partial charge in [-0.2, -0.15) is 0 Å². The SMILES string of the molecule is CC1=C(C)C(C)[C]([Ti+2][NH]C(C)(C)C)=C1C.[Cl-].[Cl-]. The molecule has 0 heterocycles. The van der Waals surface area contributed by atoms with Crippen molar-refractivity contribution in [3.05, 3.63) is 20.6 Å². The maximum absolute atomic E-state index is 3.71. The molecule has 0 saturated heterocycles. The van der Waals surface area contributed by atoms with Crippen molar-refractivity contribution in [3.63, 3.8) is 0 Å². The van der Waals surface area contributed by atoms with Gasteiger partial charge in [0.1, 0.15) is 0 Å². The molecule has 0 saturated carbocycles. The van der Waals surface area contributed by atoms with Crippen molar-refractivity contribution in [2.45, 2.75) is 54.0 Å². The zero-order valence-electron chi connectivity index (χ0n) is 11.8. The minimum atomic E-state index is -0.156. The first kappa shape index (κ1) is 20.1. The summed E-state index contributed by atoms with van der Waals surface area (Å²) in [5, 5.41) is 0. The zero-order chi connectivity index (χ0) is 11.8. The third-order valence-corrected chi connectivity index (χ3v) is 6.26. The molecule has 1 N–H and O–H groups in total. The van der Waals surface area contributed by atoms with Gasteiger partial charge in [0.15, 0.2) is 0 Å². The van der Waals surface area contributed by atoms with Crippen LogP contribution >= 0.6 is 0 Å². The van der Waals surface area contributed by atoms with Crippen LogP contribution in [0, 0.1) is 5.92 Å². The van der Waals surface area contributed by atoms with Gasteiger partial charge in [0.05, 0.1) is 0 Å². The Hall–Kier alpha value is 0.734. The summed E-state index contributed by atoms with van der Waals surface area (Å²) < 4.78 is 5.40. The molecule has 17 heavy (non-hydrogen) atoms. The maximum Gasteiger partial charge on any atom is -1.00 e. The second-order valence-corrected chi connectivity index (χ2v) is 7.19. The first-order chi connectivity index (χ1) is 6.74. The molecule has 1 rings (SSSR count). The molecule has 0 fully saturated rings. The van der Waals surface area contributed by atoms with Crippen molar-refractivity contribution in [1.82, 2.24) is 3.80 Å².